The molecule has 0 aliphatic heterocycles. The molecule has 42 heavy (non-hydrogen) atoms. The topological polar surface area (TPSA) is 105 Å². The van der Waals surface area contributed by atoms with Crippen LogP contribution < -0.4 is 18.9 Å². The minimum atomic E-state index is -0.564. The zero-order valence-electron chi connectivity index (χ0n) is 22.9. The predicted molar refractivity (Wildman–Crippen MR) is 156 cm³/mol. The lowest BCUT2D eigenvalue weighted by Gasteiger charge is -2.08. The third-order valence-electron chi connectivity index (χ3n) is 5.76. The molecule has 0 amide bonds. The van der Waals surface area contributed by atoms with Gasteiger partial charge in [0.1, 0.15) is 23.0 Å². The molecule has 0 spiro atoms. The van der Waals surface area contributed by atoms with Crippen LogP contribution >= 0.6 is 0 Å². The molecule has 8 heteroatoms. The summed E-state index contributed by atoms with van der Waals surface area (Å²) in [6, 6.07) is 25.8. The Morgan fingerprint density at radius 1 is 0.429 bits per heavy atom. The van der Waals surface area contributed by atoms with Crippen LogP contribution in [0.3, 0.4) is 0 Å². The van der Waals surface area contributed by atoms with Crippen LogP contribution in [0.15, 0.2) is 121 Å². The molecule has 0 aromatic heterocycles. The summed E-state index contributed by atoms with van der Waals surface area (Å²) in [5, 5.41) is 0. The average Bonchev–Trinajstić information content (AvgIpc) is 2.98. The Morgan fingerprint density at radius 2 is 0.690 bits per heavy atom. The van der Waals surface area contributed by atoms with Crippen molar-refractivity contribution >= 4 is 23.9 Å². The van der Waals surface area contributed by atoms with E-state index < -0.39 is 23.9 Å². The van der Waals surface area contributed by atoms with E-state index in [0.29, 0.717) is 34.1 Å². The van der Waals surface area contributed by atoms with E-state index in [1.165, 1.54) is 48.5 Å². The Labute approximate surface area is 242 Å². The highest BCUT2D eigenvalue weighted by Gasteiger charge is 2.13. The van der Waals surface area contributed by atoms with Gasteiger partial charge in [0.05, 0.1) is 11.1 Å². The highest BCUT2D eigenvalue weighted by atomic mass is 16.5. The standard InChI is InChI=1S/C34H26O8/c1-21(2)31(35)39-27-15-11-26(12-16-27)34(38)41-28-13-9-24(10-14-28)23-5-7-25(8-6-23)33(37)42-30-19-17-29(18-20-30)40-32(36)22(3)4/h5-20H,1,3H2,2,4H3. The maximum absolute atomic E-state index is 12.6. The molecule has 0 atom stereocenters. The van der Waals surface area contributed by atoms with Gasteiger partial charge in [-0.1, -0.05) is 37.4 Å². The normalized spacial score (nSPS) is 10.2. The SMILES string of the molecule is C=C(C)C(=O)Oc1ccc(OC(=O)c2ccc(-c3ccc(OC(=O)c4ccc(OC(=O)C(=C)C)cc4)cc3)cc2)cc1. The van der Waals surface area contributed by atoms with E-state index in [0.717, 1.165) is 11.1 Å². The van der Waals surface area contributed by atoms with Crippen molar-refractivity contribution in [1.29, 1.82) is 0 Å². The molecule has 0 aliphatic carbocycles. The molecule has 0 heterocycles. The first-order valence-electron chi connectivity index (χ1n) is 12.7. The number of carbonyl (C=O) groups is 4. The van der Waals surface area contributed by atoms with E-state index in [9.17, 15) is 19.2 Å². The molecule has 0 unspecified atom stereocenters. The van der Waals surface area contributed by atoms with Gasteiger partial charge >= 0.3 is 23.9 Å². The Kier molecular flexibility index (Phi) is 9.09. The number of carbonyl (C=O) groups excluding carboxylic acids is 4. The fraction of sp³-hybridized carbons (Fsp3) is 0.0588. The van der Waals surface area contributed by atoms with Gasteiger partial charge in [0, 0.05) is 11.1 Å². The van der Waals surface area contributed by atoms with Crippen molar-refractivity contribution in [3.8, 4) is 34.1 Å². The van der Waals surface area contributed by atoms with Gasteiger partial charge in [-0.05, 0) is 97.8 Å². The summed E-state index contributed by atoms with van der Waals surface area (Å²) < 4.78 is 21.1. The van der Waals surface area contributed by atoms with Crippen LogP contribution in [0.2, 0.25) is 0 Å². The number of ether oxygens (including phenoxy) is 4. The van der Waals surface area contributed by atoms with Crippen molar-refractivity contribution < 1.29 is 38.1 Å². The Bertz CT molecular complexity index is 1650. The average molecular weight is 563 g/mol. The smallest absolute Gasteiger partial charge is 0.343 e. The largest absolute Gasteiger partial charge is 0.423 e. The fourth-order valence-corrected chi connectivity index (χ4v) is 3.47. The number of benzene rings is 4. The second-order valence-electron chi connectivity index (χ2n) is 9.22. The van der Waals surface area contributed by atoms with E-state index in [-0.39, 0.29) is 11.1 Å². The summed E-state index contributed by atoms with van der Waals surface area (Å²) in [5.41, 5.74) is 2.87. The molecule has 0 radical (unpaired) electrons. The molecule has 210 valence electrons. The molecule has 0 saturated carbocycles. The summed E-state index contributed by atoms with van der Waals surface area (Å²) >= 11 is 0. The second-order valence-corrected chi connectivity index (χ2v) is 9.22. The Hall–Kier alpha value is -5.76. The quantitative estimate of drug-likeness (QED) is 0.125. The summed E-state index contributed by atoms with van der Waals surface area (Å²) in [6.07, 6.45) is 0. The number of rotatable bonds is 9. The summed E-state index contributed by atoms with van der Waals surface area (Å²) in [7, 11) is 0. The van der Waals surface area contributed by atoms with Gasteiger partial charge in [-0.25, -0.2) is 19.2 Å². The first-order valence-corrected chi connectivity index (χ1v) is 12.7. The number of esters is 4. The van der Waals surface area contributed by atoms with Gasteiger partial charge in [0.25, 0.3) is 0 Å². The molecular weight excluding hydrogens is 536 g/mol. The van der Waals surface area contributed by atoms with Gasteiger partial charge in [0.15, 0.2) is 0 Å². The summed E-state index contributed by atoms with van der Waals surface area (Å²) in [5.74, 6) is -0.946. The second kappa shape index (κ2) is 13.1. The monoisotopic (exact) mass is 562 g/mol. The van der Waals surface area contributed by atoms with Crippen molar-refractivity contribution in [3.63, 3.8) is 0 Å². The maximum atomic E-state index is 12.6. The highest BCUT2D eigenvalue weighted by Crippen LogP contribution is 2.25. The zero-order valence-corrected chi connectivity index (χ0v) is 22.9. The fourth-order valence-electron chi connectivity index (χ4n) is 3.47. The number of hydrogen-bond donors (Lipinski definition) is 0. The first kappa shape index (κ1) is 29.2. The number of hydrogen-bond acceptors (Lipinski definition) is 8. The van der Waals surface area contributed by atoms with Crippen LogP contribution in [0.1, 0.15) is 34.6 Å². The van der Waals surface area contributed by atoms with Crippen LogP contribution in [0, 0.1) is 0 Å². The van der Waals surface area contributed by atoms with Crippen molar-refractivity contribution in [2.45, 2.75) is 13.8 Å². The highest BCUT2D eigenvalue weighted by molar-refractivity contribution is 5.93. The van der Waals surface area contributed by atoms with Gasteiger partial charge in [0.2, 0.25) is 0 Å². The van der Waals surface area contributed by atoms with Crippen LogP contribution in [0.4, 0.5) is 0 Å². The molecule has 0 aliphatic rings. The van der Waals surface area contributed by atoms with Gasteiger partial charge in [-0.2, -0.15) is 0 Å². The van der Waals surface area contributed by atoms with Crippen molar-refractivity contribution in [2.75, 3.05) is 0 Å². The van der Waals surface area contributed by atoms with Crippen molar-refractivity contribution in [3.05, 3.63) is 132 Å². The van der Waals surface area contributed by atoms with Crippen molar-refractivity contribution in [1.82, 2.24) is 0 Å². The van der Waals surface area contributed by atoms with Crippen LogP contribution in [0.25, 0.3) is 11.1 Å². The van der Waals surface area contributed by atoms with Gasteiger partial charge in [-0.3, -0.25) is 0 Å². The van der Waals surface area contributed by atoms with Crippen LogP contribution in [0.5, 0.6) is 23.0 Å². The molecular formula is C34H26O8. The van der Waals surface area contributed by atoms with E-state index in [1.54, 1.807) is 62.4 Å². The van der Waals surface area contributed by atoms with E-state index in [4.69, 9.17) is 18.9 Å². The van der Waals surface area contributed by atoms with E-state index >= 15 is 0 Å². The lowest BCUT2D eigenvalue weighted by Crippen LogP contribution is -2.10. The van der Waals surface area contributed by atoms with Crippen molar-refractivity contribution in [2.24, 2.45) is 0 Å². The van der Waals surface area contributed by atoms with E-state index in [2.05, 4.69) is 13.2 Å². The molecule has 4 aromatic rings. The first-order chi connectivity index (χ1) is 20.1. The molecule has 8 nitrogen and oxygen atoms in total. The minimum Gasteiger partial charge on any atom is -0.423 e. The molecule has 0 N–H and O–H groups in total. The molecule has 0 fully saturated rings. The summed E-state index contributed by atoms with van der Waals surface area (Å²) in [4.78, 5) is 48.3. The van der Waals surface area contributed by atoms with Crippen LogP contribution in [-0.2, 0) is 9.59 Å². The van der Waals surface area contributed by atoms with E-state index in [1.807, 2.05) is 0 Å². The minimum absolute atomic E-state index is 0.268. The maximum Gasteiger partial charge on any atom is 0.343 e. The van der Waals surface area contributed by atoms with Gasteiger partial charge < -0.3 is 18.9 Å². The molecule has 4 rings (SSSR count). The lowest BCUT2D eigenvalue weighted by molar-refractivity contribution is -0.130. The molecule has 4 aromatic carbocycles. The van der Waals surface area contributed by atoms with Gasteiger partial charge in [-0.15, -0.1) is 0 Å². The predicted octanol–water partition coefficient (Wildman–Crippen LogP) is 6.76. The third kappa shape index (κ3) is 7.67. The lowest BCUT2D eigenvalue weighted by atomic mass is 10.0. The third-order valence-corrected chi connectivity index (χ3v) is 5.76. The molecule has 0 bridgehead atoms. The molecule has 0 saturated heterocycles. The Morgan fingerprint density at radius 3 is 1.05 bits per heavy atom. The summed E-state index contributed by atoms with van der Waals surface area (Å²) in [6.45, 7) is 10.1. The zero-order chi connectivity index (χ0) is 30.2. The van der Waals surface area contributed by atoms with Crippen LogP contribution in [-0.4, -0.2) is 23.9 Å². The Balaban J connectivity index is 1.32.